The monoisotopic (exact) mass is 235 g/mol. The number of carbonyl (C=O) groups is 1. The summed E-state index contributed by atoms with van der Waals surface area (Å²) >= 11 is 0. The van der Waals surface area contributed by atoms with Gasteiger partial charge in [-0.2, -0.15) is 0 Å². The molecule has 2 aliphatic heterocycles. The van der Waals surface area contributed by atoms with E-state index in [4.69, 9.17) is 0 Å². The second-order valence-electron chi connectivity index (χ2n) is 5.66. The van der Waals surface area contributed by atoms with Crippen molar-refractivity contribution in [2.45, 2.75) is 69.9 Å². The van der Waals surface area contributed by atoms with Gasteiger partial charge in [-0.25, -0.2) is 0 Å². The summed E-state index contributed by atoms with van der Waals surface area (Å²) in [5.41, 5.74) is 0. The predicted octanol–water partition coefficient (Wildman–Crippen LogP) is 3.22. The molecule has 2 bridgehead atoms. The lowest BCUT2D eigenvalue weighted by Crippen LogP contribution is -2.50. The number of unbranched alkanes of at least 4 members (excludes halogenated alkanes) is 2. The van der Waals surface area contributed by atoms with Crippen LogP contribution in [0.2, 0.25) is 0 Å². The summed E-state index contributed by atoms with van der Waals surface area (Å²) in [7, 11) is 0. The third-order valence-electron chi connectivity index (χ3n) is 4.25. The standard InChI is InChI=1S/C15H25NO/c1-2-3-4-5-9-15(17)12-10-13-7-6-8-14(11-12)16-13/h2,12-14,16H,1,3-11H2. The Morgan fingerprint density at radius 2 is 1.94 bits per heavy atom. The van der Waals surface area contributed by atoms with E-state index in [1.807, 2.05) is 6.08 Å². The summed E-state index contributed by atoms with van der Waals surface area (Å²) in [6.45, 7) is 3.71. The maximum Gasteiger partial charge on any atom is 0.136 e. The number of carbonyl (C=O) groups excluding carboxylic acids is 1. The zero-order chi connectivity index (χ0) is 12.1. The maximum atomic E-state index is 12.1. The Labute approximate surface area is 105 Å². The number of fused-ring (bicyclic) bond motifs is 2. The van der Waals surface area contributed by atoms with E-state index >= 15 is 0 Å². The molecule has 17 heavy (non-hydrogen) atoms. The van der Waals surface area contributed by atoms with Crippen LogP contribution in [0, 0.1) is 5.92 Å². The van der Waals surface area contributed by atoms with Crippen LogP contribution in [0.25, 0.3) is 0 Å². The van der Waals surface area contributed by atoms with Gasteiger partial charge in [0.1, 0.15) is 5.78 Å². The number of nitrogens with one attached hydrogen (secondary N) is 1. The third kappa shape index (κ3) is 3.67. The fraction of sp³-hybridized carbons (Fsp3) is 0.800. The number of allylic oxidation sites excluding steroid dienone is 1. The van der Waals surface area contributed by atoms with Crippen molar-refractivity contribution in [1.82, 2.24) is 5.32 Å². The van der Waals surface area contributed by atoms with E-state index in [2.05, 4.69) is 11.9 Å². The van der Waals surface area contributed by atoms with Crippen LogP contribution < -0.4 is 5.32 Å². The SMILES string of the molecule is C=CCCCCC(=O)C1CC2CCCC(C1)N2. The molecule has 96 valence electrons. The Kier molecular flexibility index (Phi) is 4.78. The van der Waals surface area contributed by atoms with Crippen molar-refractivity contribution in [2.75, 3.05) is 0 Å². The number of hydrogen-bond acceptors (Lipinski definition) is 2. The minimum Gasteiger partial charge on any atom is -0.311 e. The van der Waals surface area contributed by atoms with Crippen LogP contribution in [0.5, 0.6) is 0 Å². The normalized spacial score (nSPS) is 32.1. The minimum atomic E-state index is 0.357. The molecule has 2 saturated heterocycles. The molecule has 2 fully saturated rings. The molecule has 2 aliphatic rings. The molecule has 2 atom stereocenters. The molecule has 0 aromatic heterocycles. The lowest BCUT2D eigenvalue weighted by molar-refractivity contribution is -0.124. The highest BCUT2D eigenvalue weighted by Gasteiger charge is 2.33. The molecule has 0 aromatic rings. The number of hydrogen-bond donors (Lipinski definition) is 1. The van der Waals surface area contributed by atoms with E-state index in [9.17, 15) is 4.79 Å². The van der Waals surface area contributed by atoms with Gasteiger partial charge in [0, 0.05) is 24.4 Å². The first kappa shape index (κ1) is 12.8. The van der Waals surface area contributed by atoms with E-state index in [0.717, 1.165) is 38.5 Å². The van der Waals surface area contributed by atoms with Gasteiger partial charge in [0.05, 0.1) is 0 Å². The van der Waals surface area contributed by atoms with Crippen molar-refractivity contribution in [1.29, 1.82) is 0 Å². The highest BCUT2D eigenvalue weighted by molar-refractivity contribution is 5.81. The van der Waals surface area contributed by atoms with Gasteiger partial charge < -0.3 is 5.32 Å². The zero-order valence-electron chi connectivity index (χ0n) is 10.8. The largest absolute Gasteiger partial charge is 0.311 e. The number of ketones is 1. The Bertz CT molecular complexity index is 262. The molecule has 0 saturated carbocycles. The van der Waals surface area contributed by atoms with Crippen LogP contribution in [0.4, 0.5) is 0 Å². The first-order valence-corrected chi connectivity index (χ1v) is 7.19. The summed E-state index contributed by atoms with van der Waals surface area (Å²) in [5.74, 6) is 0.878. The molecular formula is C15H25NO. The predicted molar refractivity (Wildman–Crippen MR) is 71.0 cm³/mol. The van der Waals surface area contributed by atoms with E-state index in [1.54, 1.807) is 0 Å². The number of Topliss-reactive ketones (excluding diaryl/α,β-unsaturated/α-hetero) is 1. The molecule has 0 aromatic carbocycles. The zero-order valence-corrected chi connectivity index (χ0v) is 10.8. The Morgan fingerprint density at radius 1 is 1.24 bits per heavy atom. The first-order chi connectivity index (χ1) is 8.29. The van der Waals surface area contributed by atoms with Gasteiger partial charge in [0.2, 0.25) is 0 Å². The summed E-state index contributed by atoms with van der Waals surface area (Å²) < 4.78 is 0. The second kappa shape index (κ2) is 6.34. The summed E-state index contributed by atoms with van der Waals surface area (Å²) in [5, 5.41) is 3.65. The van der Waals surface area contributed by atoms with Crippen LogP contribution in [0.1, 0.15) is 57.8 Å². The maximum absolute atomic E-state index is 12.1. The average Bonchev–Trinajstić information content (AvgIpc) is 2.34. The summed E-state index contributed by atoms with van der Waals surface area (Å²) in [6.07, 6.45) is 12.0. The molecule has 0 spiro atoms. The lowest BCUT2D eigenvalue weighted by Gasteiger charge is -2.39. The van der Waals surface area contributed by atoms with Crippen molar-refractivity contribution < 1.29 is 4.79 Å². The van der Waals surface area contributed by atoms with Gasteiger partial charge in [0.15, 0.2) is 0 Å². The highest BCUT2D eigenvalue weighted by atomic mass is 16.1. The Balaban J connectivity index is 1.73. The van der Waals surface area contributed by atoms with Crippen molar-refractivity contribution in [3.8, 4) is 0 Å². The topological polar surface area (TPSA) is 29.1 Å². The van der Waals surface area contributed by atoms with Crippen LogP contribution in [0.3, 0.4) is 0 Å². The first-order valence-electron chi connectivity index (χ1n) is 7.19. The molecule has 0 amide bonds. The van der Waals surface area contributed by atoms with Crippen LogP contribution in [-0.4, -0.2) is 17.9 Å². The molecule has 2 nitrogen and oxygen atoms in total. The smallest absolute Gasteiger partial charge is 0.136 e. The van der Waals surface area contributed by atoms with Crippen molar-refractivity contribution in [3.63, 3.8) is 0 Å². The molecule has 2 rings (SSSR count). The van der Waals surface area contributed by atoms with E-state index in [1.165, 1.54) is 19.3 Å². The van der Waals surface area contributed by atoms with E-state index < -0.39 is 0 Å². The van der Waals surface area contributed by atoms with Crippen molar-refractivity contribution in [3.05, 3.63) is 12.7 Å². The van der Waals surface area contributed by atoms with Gasteiger partial charge in [-0.1, -0.05) is 12.5 Å². The van der Waals surface area contributed by atoms with E-state index in [0.29, 0.717) is 23.8 Å². The van der Waals surface area contributed by atoms with Gasteiger partial charge >= 0.3 is 0 Å². The molecule has 0 aliphatic carbocycles. The summed E-state index contributed by atoms with van der Waals surface area (Å²) in [6, 6.07) is 1.26. The van der Waals surface area contributed by atoms with Gasteiger partial charge in [-0.05, 0) is 44.9 Å². The molecule has 0 radical (unpaired) electrons. The van der Waals surface area contributed by atoms with Gasteiger partial charge in [0.25, 0.3) is 0 Å². The third-order valence-corrected chi connectivity index (χ3v) is 4.25. The Morgan fingerprint density at radius 3 is 2.59 bits per heavy atom. The van der Waals surface area contributed by atoms with E-state index in [-0.39, 0.29) is 0 Å². The number of piperidine rings is 2. The minimum absolute atomic E-state index is 0.357. The van der Waals surface area contributed by atoms with Crippen LogP contribution >= 0.6 is 0 Å². The van der Waals surface area contributed by atoms with Crippen LogP contribution in [0.15, 0.2) is 12.7 Å². The van der Waals surface area contributed by atoms with Crippen LogP contribution in [-0.2, 0) is 4.79 Å². The van der Waals surface area contributed by atoms with Gasteiger partial charge in [-0.15, -0.1) is 6.58 Å². The Hall–Kier alpha value is -0.630. The molecule has 1 N–H and O–H groups in total. The fourth-order valence-electron chi connectivity index (χ4n) is 3.32. The highest BCUT2D eigenvalue weighted by Crippen LogP contribution is 2.31. The quantitative estimate of drug-likeness (QED) is 0.566. The molecule has 2 heteroatoms. The lowest BCUT2D eigenvalue weighted by atomic mass is 9.77. The summed E-state index contributed by atoms with van der Waals surface area (Å²) in [4.78, 5) is 12.1. The second-order valence-corrected chi connectivity index (χ2v) is 5.66. The fourth-order valence-corrected chi connectivity index (χ4v) is 3.32. The molecular weight excluding hydrogens is 210 g/mol. The number of rotatable bonds is 6. The molecule has 2 heterocycles. The van der Waals surface area contributed by atoms with Crippen molar-refractivity contribution >= 4 is 5.78 Å². The van der Waals surface area contributed by atoms with Gasteiger partial charge in [-0.3, -0.25) is 4.79 Å². The van der Waals surface area contributed by atoms with Crippen molar-refractivity contribution in [2.24, 2.45) is 5.92 Å². The molecule has 2 unspecified atom stereocenters. The average molecular weight is 235 g/mol.